The van der Waals surface area contributed by atoms with E-state index in [1.54, 1.807) is 37.8 Å². The Morgan fingerprint density at radius 2 is 1.88 bits per heavy atom. The van der Waals surface area contributed by atoms with Gasteiger partial charge in [0.1, 0.15) is 18.0 Å². The largest absolute Gasteiger partial charge is 0.487 e. The van der Waals surface area contributed by atoms with E-state index in [2.05, 4.69) is 15.3 Å². The van der Waals surface area contributed by atoms with Gasteiger partial charge in [-0.25, -0.2) is 4.79 Å². The first-order chi connectivity index (χ1) is 16.2. The average Bonchev–Trinajstić information content (AvgIpc) is 3.22. The minimum absolute atomic E-state index is 0.109. The number of aromatic nitrogens is 2. The minimum Gasteiger partial charge on any atom is -0.487 e. The number of furan rings is 1. The highest BCUT2D eigenvalue weighted by atomic mass is 16.5. The Morgan fingerprint density at radius 1 is 1.00 bits per heavy atom. The first-order valence-electron chi connectivity index (χ1n) is 10.6. The van der Waals surface area contributed by atoms with Crippen LogP contribution in [0, 0.1) is 0 Å². The van der Waals surface area contributed by atoms with E-state index < -0.39 is 5.97 Å². The summed E-state index contributed by atoms with van der Waals surface area (Å²) in [7, 11) is 0. The van der Waals surface area contributed by atoms with Crippen LogP contribution in [0.2, 0.25) is 0 Å². The quantitative estimate of drug-likeness (QED) is 0.317. The summed E-state index contributed by atoms with van der Waals surface area (Å²) in [4.78, 5) is 20.9. The molecule has 0 saturated carbocycles. The monoisotopic (exact) mass is 439 g/mol. The summed E-state index contributed by atoms with van der Waals surface area (Å²) in [6, 6.07) is 17.6. The zero-order chi connectivity index (χ0) is 22.6. The number of ether oxygens (including phenoxy) is 2. The fraction of sp³-hybridized carbons (Fsp3) is 0.115. The molecular formula is C26H21N3O4. The fourth-order valence-corrected chi connectivity index (χ4v) is 3.64. The maximum atomic E-state index is 12.5. The molecule has 7 heteroatoms. The number of fused-ring (bicyclic) bond motifs is 2. The van der Waals surface area contributed by atoms with Gasteiger partial charge in [-0.05, 0) is 36.8 Å². The molecule has 3 aromatic heterocycles. The summed E-state index contributed by atoms with van der Waals surface area (Å²) in [5.41, 5.74) is 2.90. The number of nitrogens with one attached hydrogen (secondary N) is 1. The van der Waals surface area contributed by atoms with Crippen LogP contribution in [0.1, 0.15) is 23.0 Å². The molecule has 1 N–H and O–H groups in total. The molecule has 5 aromatic rings. The smallest absolute Gasteiger partial charge is 0.376 e. The molecule has 0 fully saturated rings. The molecule has 0 atom stereocenters. The number of carbonyl (C=O) groups excluding carboxylic acids is 1. The van der Waals surface area contributed by atoms with Crippen LogP contribution in [0.4, 0.5) is 11.4 Å². The van der Waals surface area contributed by atoms with Crippen molar-refractivity contribution in [3.63, 3.8) is 0 Å². The summed E-state index contributed by atoms with van der Waals surface area (Å²) in [5.74, 6) is 0.281. The van der Waals surface area contributed by atoms with E-state index in [-0.39, 0.29) is 12.4 Å². The number of anilines is 2. The van der Waals surface area contributed by atoms with Crippen LogP contribution in [-0.4, -0.2) is 22.5 Å². The molecule has 0 aliphatic rings. The second kappa shape index (κ2) is 9.00. The van der Waals surface area contributed by atoms with E-state index in [1.807, 2.05) is 48.5 Å². The third-order valence-corrected chi connectivity index (χ3v) is 5.18. The summed E-state index contributed by atoms with van der Waals surface area (Å²) in [6.07, 6.45) is 6.72. The lowest BCUT2D eigenvalue weighted by Crippen LogP contribution is -2.06. The predicted octanol–water partition coefficient (Wildman–Crippen LogP) is 5.88. The van der Waals surface area contributed by atoms with E-state index in [4.69, 9.17) is 13.9 Å². The molecule has 0 bridgehead atoms. The van der Waals surface area contributed by atoms with Crippen molar-refractivity contribution in [3.8, 4) is 5.75 Å². The Kier molecular flexibility index (Phi) is 5.59. The van der Waals surface area contributed by atoms with Crippen LogP contribution < -0.4 is 10.1 Å². The Morgan fingerprint density at radius 3 is 2.73 bits per heavy atom. The lowest BCUT2D eigenvalue weighted by molar-refractivity contribution is 0.0494. The molecule has 0 saturated heterocycles. The summed E-state index contributed by atoms with van der Waals surface area (Å²) < 4.78 is 16.9. The van der Waals surface area contributed by atoms with E-state index in [1.165, 1.54) is 0 Å². The van der Waals surface area contributed by atoms with Crippen molar-refractivity contribution in [1.29, 1.82) is 0 Å². The molecule has 0 spiro atoms. The number of rotatable bonds is 7. The second-order valence-corrected chi connectivity index (χ2v) is 7.37. The van der Waals surface area contributed by atoms with Crippen molar-refractivity contribution in [2.45, 2.75) is 13.5 Å². The van der Waals surface area contributed by atoms with Gasteiger partial charge in [0.05, 0.1) is 19.0 Å². The minimum atomic E-state index is -0.532. The third-order valence-electron chi connectivity index (χ3n) is 5.18. The molecule has 33 heavy (non-hydrogen) atoms. The maximum Gasteiger partial charge on any atom is 0.376 e. The van der Waals surface area contributed by atoms with Crippen molar-refractivity contribution >= 4 is 39.1 Å². The van der Waals surface area contributed by atoms with E-state index in [9.17, 15) is 4.79 Å². The lowest BCUT2D eigenvalue weighted by atomic mass is 10.1. The normalized spacial score (nSPS) is 10.9. The average molecular weight is 439 g/mol. The van der Waals surface area contributed by atoms with E-state index in [0.29, 0.717) is 23.6 Å². The first kappa shape index (κ1) is 20.5. The predicted molar refractivity (Wildman–Crippen MR) is 126 cm³/mol. The molecule has 5 rings (SSSR count). The molecule has 0 radical (unpaired) electrons. The van der Waals surface area contributed by atoms with Crippen LogP contribution >= 0.6 is 0 Å². The van der Waals surface area contributed by atoms with E-state index >= 15 is 0 Å². The van der Waals surface area contributed by atoms with Gasteiger partial charge in [-0.1, -0.05) is 30.3 Å². The van der Waals surface area contributed by atoms with Gasteiger partial charge in [0, 0.05) is 34.2 Å². The van der Waals surface area contributed by atoms with Gasteiger partial charge in [0.25, 0.3) is 0 Å². The molecule has 7 nitrogen and oxygen atoms in total. The van der Waals surface area contributed by atoms with Gasteiger partial charge in [0.15, 0.2) is 5.58 Å². The molecular weight excluding hydrogens is 418 g/mol. The fourth-order valence-electron chi connectivity index (χ4n) is 3.64. The number of hydrogen-bond acceptors (Lipinski definition) is 7. The van der Waals surface area contributed by atoms with Gasteiger partial charge >= 0.3 is 5.97 Å². The Balaban J connectivity index is 1.46. The van der Waals surface area contributed by atoms with Crippen LogP contribution in [-0.2, 0) is 11.3 Å². The van der Waals surface area contributed by atoms with Crippen LogP contribution in [0.5, 0.6) is 5.75 Å². The zero-order valence-electron chi connectivity index (χ0n) is 17.9. The molecule has 0 unspecified atom stereocenters. The lowest BCUT2D eigenvalue weighted by Gasteiger charge is -2.11. The van der Waals surface area contributed by atoms with Crippen LogP contribution in [0.25, 0.3) is 21.7 Å². The first-order valence-corrected chi connectivity index (χ1v) is 10.6. The standard InChI is InChI=1S/C26H21N3O4/c1-2-31-26(30)25-24(21-10-11-27-15-23(21)33-25)29-19-8-9-20-18(12-19)13-28-14-22(20)32-16-17-6-4-3-5-7-17/h3-15,29H,2,16H2,1H3. The summed E-state index contributed by atoms with van der Waals surface area (Å²) >= 11 is 0. The highest BCUT2D eigenvalue weighted by Gasteiger charge is 2.22. The van der Waals surface area contributed by atoms with Crippen molar-refractivity contribution in [2.75, 3.05) is 11.9 Å². The van der Waals surface area contributed by atoms with Crippen LogP contribution in [0.15, 0.2) is 83.8 Å². The maximum absolute atomic E-state index is 12.5. The van der Waals surface area contributed by atoms with Crippen molar-refractivity contribution in [2.24, 2.45) is 0 Å². The molecule has 164 valence electrons. The molecule has 0 aliphatic carbocycles. The number of pyridine rings is 2. The highest BCUT2D eigenvalue weighted by molar-refractivity contribution is 6.05. The Labute approximate surface area is 190 Å². The van der Waals surface area contributed by atoms with Gasteiger partial charge in [-0.15, -0.1) is 0 Å². The Hall–Kier alpha value is -4.39. The molecule has 3 heterocycles. The Bertz CT molecular complexity index is 1430. The second-order valence-electron chi connectivity index (χ2n) is 7.37. The van der Waals surface area contributed by atoms with Crippen LogP contribution in [0.3, 0.4) is 0 Å². The van der Waals surface area contributed by atoms with Crippen molar-refractivity contribution in [3.05, 3.63) is 90.7 Å². The van der Waals surface area contributed by atoms with Gasteiger partial charge in [-0.3, -0.25) is 9.97 Å². The molecule has 0 aliphatic heterocycles. The van der Waals surface area contributed by atoms with Crippen molar-refractivity contribution in [1.82, 2.24) is 9.97 Å². The highest BCUT2D eigenvalue weighted by Crippen LogP contribution is 2.35. The van der Waals surface area contributed by atoms with Crippen molar-refractivity contribution < 1.29 is 18.7 Å². The number of carbonyl (C=O) groups is 1. The number of esters is 1. The number of hydrogen-bond donors (Lipinski definition) is 1. The molecule has 2 aromatic carbocycles. The van der Waals surface area contributed by atoms with Gasteiger partial charge < -0.3 is 19.2 Å². The number of nitrogens with zero attached hydrogens (tertiary/aromatic N) is 2. The van der Waals surface area contributed by atoms with E-state index in [0.717, 1.165) is 27.4 Å². The summed E-state index contributed by atoms with van der Waals surface area (Å²) in [6.45, 7) is 2.46. The zero-order valence-corrected chi connectivity index (χ0v) is 17.9. The molecule has 0 amide bonds. The summed E-state index contributed by atoms with van der Waals surface area (Å²) in [5, 5.41) is 5.90. The van der Waals surface area contributed by atoms with Gasteiger partial charge in [-0.2, -0.15) is 0 Å². The third kappa shape index (κ3) is 4.21. The van der Waals surface area contributed by atoms with Gasteiger partial charge in [0.2, 0.25) is 5.76 Å². The number of benzene rings is 2. The topological polar surface area (TPSA) is 86.5 Å². The SMILES string of the molecule is CCOC(=O)c1oc2cnccc2c1Nc1ccc2c(OCc3ccccc3)cncc2c1.